The molecule has 0 spiro atoms. The van der Waals surface area contributed by atoms with Gasteiger partial charge in [-0.25, -0.2) is 4.39 Å². The number of halogens is 4. The quantitative estimate of drug-likeness (QED) is 0.692. The smallest absolute Gasteiger partial charge is 0.301 e. The molecule has 100 valence electrons. The van der Waals surface area contributed by atoms with Gasteiger partial charge in [-0.2, -0.15) is 8.78 Å². The summed E-state index contributed by atoms with van der Waals surface area (Å²) in [6, 6.07) is 5.85. The van der Waals surface area contributed by atoms with Gasteiger partial charge in [0.1, 0.15) is 11.3 Å². The van der Waals surface area contributed by atoms with Gasteiger partial charge in [0, 0.05) is 23.5 Å². The van der Waals surface area contributed by atoms with Gasteiger partial charge in [-0.15, -0.1) is 11.6 Å². The minimum absolute atomic E-state index is 0.159. The number of hydrogen-bond acceptors (Lipinski definition) is 2. The molecule has 0 amide bonds. The van der Waals surface area contributed by atoms with Crippen LogP contribution in [0.25, 0.3) is 0 Å². The van der Waals surface area contributed by atoms with E-state index in [1.54, 1.807) is 0 Å². The molecular weight excluding hydrogens is 277 g/mol. The van der Waals surface area contributed by atoms with Gasteiger partial charge in [-0.05, 0) is 18.2 Å². The van der Waals surface area contributed by atoms with Crippen molar-refractivity contribution in [3.05, 3.63) is 65.2 Å². The molecule has 1 unspecified atom stereocenters. The molecule has 1 atom stereocenters. The van der Waals surface area contributed by atoms with Crippen molar-refractivity contribution in [3.63, 3.8) is 0 Å². The molecule has 0 radical (unpaired) electrons. The molecule has 2 aromatic rings. The lowest BCUT2D eigenvalue weighted by molar-refractivity contribution is 0.0386. The van der Waals surface area contributed by atoms with Crippen molar-refractivity contribution in [2.45, 2.75) is 11.4 Å². The Hall–Kier alpha value is -1.59. The fraction of sp³-hybridized carbons (Fsp3) is 0.154. The zero-order valence-electron chi connectivity index (χ0n) is 9.66. The Morgan fingerprint density at radius 3 is 2.37 bits per heavy atom. The van der Waals surface area contributed by atoms with E-state index in [0.29, 0.717) is 0 Å². The molecular formula is C13H10ClF3N2. The Morgan fingerprint density at radius 1 is 1.16 bits per heavy atom. The molecule has 2 nitrogen and oxygen atoms in total. The highest BCUT2D eigenvalue weighted by Gasteiger charge is 2.37. The highest BCUT2D eigenvalue weighted by molar-refractivity contribution is 6.20. The molecule has 19 heavy (non-hydrogen) atoms. The summed E-state index contributed by atoms with van der Waals surface area (Å²) >= 11 is 5.56. The Morgan fingerprint density at radius 2 is 1.79 bits per heavy atom. The monoisotopic (exact) mass is 286 g/mol. The summed E-state index contributed by atoms with van der Waals surface area (Å²) in [4.78, 5) is 3.65. The second-order valence-electron chi connectivity index (χ2n) is 3.92. The van der Waals surface area contributed by atoms with E-state index in [2.05, 4.69) is 4.98 Å². The molecule has 1 heterocycles. The minimum atomic E-state index is -3.48. The number of hydrogen-bond donors (Lipinski definition) is 1. The van der Waals surface area contributed by atoms with Crippen molar-refractivity contribution in [1.29, 1.82) is 0 Å². The molecule has 0 aliphatic heterocycles. The van der Waals surface area contributed by atoms with Crippen molar-refractivity contribution in [2.75, 3.05) is 0 Å². The number of aromatic nitrogens is 1. The van der Waals surface area contributed by atoms with Crippen LogP contribution >= 0.6 is 11.6 Å². The van der Waals surface area contributed by atoms with E-state index in [-0.39, 0.29) is 11.1 Å². The van der Waals surface area contributed by atoms with E-state index in [4.69, 9.17) is 17.3 Å². The number of alkyl halides is 3. The maximum atomic E-state index is 14.2. The third-order valence-electron chi connectivity index (χ3n) is 2.71. The number of benzene rings is 1. The predicted molar refractivity (Wildman–Crippen MR) is 66.4 cm³/mol. The molecule has 0 aliphatic carbocycles. The third-order valence-corrected chi connectivity index (χ3v) is 2.94. The van der Waals surface area contributed by atoms with Crippen LogP contribution in [0.2, 0.25) is 0 Å². The lowest BCUT2D eigenvalue weighted by Crippen LogP contribution is -2.19. The van der Waals surface area contributed by atoms with Gasteiger partial charge in [-0.3, -0.25) is 4.98 Å². The Labute approximate surface area is 113 Å². The van der Waals surface area contributed by atoms with Crippen LogP contribution < -0.4 is 5.73 Å². The van der Waals surface area contributed by atoms with Gasteiger partial charge in [0.15, 0.2) is 0 Å². The first-order valence-electron chi connectivity index (χ1n) is 5.41. The average Bonchev–Trinajstić information content (AvgIpc) is 2.39. The van der Waals surface area contributed by atoms with E-state index in [1.165, 1.54) is 24.5 Å². The summed E-state index contributed by atoms with van der Waals surface area (Å²) in [5.41, 5.74) is 2.90. The molecule has 6 heteroatoms. The molecule has 2 rings (SSSR count). The highest BCUT2D eigenvalue weighted by Crippen LogP contribution is 2.38. The first-order valence-corrected chi connectivity index (χ1v) is 5.85. The van der Waals surface area contributed by atoms with Crippen LogP contribution in [0.3, 0.4) is 0 Å². The van der Waals surface area contributed by atoms with Crippen molar-refractivity contribution in [1.82, 2.24) is 4.98 Å². The molecule has 0 saturated heterocycles. The summed E-state index contributed by atoms with van der Waals surface area (Å²) < 4.78 is 42.5. The van der Waals surface area contributed by atoms with Crippen LogP contribution in [0.1, 0.15) is 22.2 Å². The van der Waals surface area contributed by atoms with Crippen LogP contribution in [0, 0.1) is 5.82 Å². The standard InChI is InChI=1S/C13H10ClF3N2/c14-12(18)9-2-1-3-10(11(9)15)13(16,17)8-4-6-19-7-5-8/h1-7,12H,18H2. The number of pyridine rings is 1. The second kappa shape index (κ2) is 5.19. The zero-order chi connectivity index (χ0) is 14.0. The van der Waals surface area contributed by atoms with Crippen LogP contribution in [-0.2, 0) is 5.92 Å². The molecule has 1 aromatic carbocycles. The van der Waals surface area contributed by atoms with Crippen molar-refractivity contribution < 1.29 is 13.2 Å². The summed E-state index contributed by atoms with van der Waals surface area (Å²) in [5.74, 6) is -4.57. The topological polar surface area (TPSA) is 38.9 Å². The molecule has 1 aromatic heterocycles. The maximum absolute atomic E-state index is 14.2. The van der Waals surface area contributed by atoms with Crippen molar-refractivity contribution >= 4 is 11.6 Å². The molecule has 0 fully saturated rings. The van der Waals surface area contributed by atoms with Crippen molar-refractivity contribution in [3.8, 4) is 0 Å². The van der Waals surface area contributed by atoms with E-state index < -0.39 is 22.8 Å². The summed E-state index contributed by atoms with van der Waals surface area (Å²) in [5, 5.41) is 0. The van der Waals surface area contributed by atoms with Gasteiger partial charge in [0.25, 0.3) is 0 Å². The second-order valence-corrected chi connectivity index (χ2v) is 4.39. The van der Waals surface area contributed by atoms with Crippen LogP contribution in [0.5, 0.6) is 0 Å². The largest absolute Gasteiger partial charge is 0.311 e. The van der Waals surface area contributed by atoms with Crippen LogP contribution in [0.15, 0.2) is 42.7 Å². The first kappa shape index (κ1) is 13.8. The average molecular weight is 287 g/mol. The molecule has 0 aliphatic rings. The summed E-state index contributed by atoms with van der Waals surface area (Å²) in [7, 11) is 0. The zero-order valence-corrected chi connectivity index (χ0v) is 10.4. The lowest BCUT2D eigenvalue weighted by Gasteiger charge is -2.19. The van der Waals surface area contributed by atoms with Gasteiger partial charge >= 0.3 is 5.92 Å². The molecule has 0 saturated carbocycles. The van der Waals surface area contributed by atoms with Gasteiger partial charge in [0.05, 0.1) is 5.56 Å². The van der Waals surface area contributed by atoms with E-state index >= 15 is 0 Å². The number of nitrogens with zero attached hydrogens (tertiary/aromatic N) is 1. The Bertz CT molecular complexity index is 573. The first-order chi connectivity index (χ1) is 8.94. The minimum Gasteiger partial charge on any atom is -0.311 e. The molecule has 2 N–H and O–H groups in total. The number of nitrogens with two attached hydrogens (primary N) is 1. The summed E-state index contributed by atoms with van der Waals surface area (Å²) in [6.45, 7) is 0. The lowest BCUT2D eigenvalue weighted by atomic mass is 9.98. The predicted octanol–water partition coefficient (Wildman–Crippen LogP) is 3.56. The normalized spacial score (nSPS) is 13.3. The number of rotatable bonds is 3. The van der Waals surface area contributed by atoms with E-state index in [1.807, 2.05) is 0 Å². The fourth-order valence-electron chi connectivity index (χ4n) is 1.72. The third kappa shape index (κ3) is 2.57. The highest BCUT2D eigenvalue weighted by atomic mass is 35.5. The summed E-state index contributed by atoms with van der Waals surface area (Å²) in [6.07, 6.45) is 2.44. The maximum Gasteiger partial charge on any atom is 0.301 e. The molecule has 0 bridgehead atoms. The Kier molecular flexibility index (Phi) is 3.78. The van der Waals surface area contributed by atoms with Crippen LogP contribution in [-0.4, -0.2) is 4.98 Å². The van der Waals surface area contributed by atoms with E-state index in [9.17, 15) is 13.2 Å². The van der Waals surface area contributed by atoms with Crippen LogP contribution in [0.4, 0.5) is 13.2 Å². The van der Waals surface area contributed by atoms with Gasteiger partial charge in [-0.1, -0.05) is 12.1 Å². The van der Waals surface area contributed by atoms with E-state index in [0.717, 1.165) is 18.2 Å². The van der Waals surface area contributed by atoms with Gasteiger partial charge in [0.2, 0.25) is 0 Å². The van der Waals surface area contributed by atoms with Crippen molar-refractivity contribution in [2.24, 2.45) is 5.73 Å². The van der Waals surface area contributed by atoms with Gasteiger partial charge < -0.3 is 5.73 Å². The fourth-order valence-corrected chi connectivity index (χ4v) is 1.89. The SMILES string of the molecule is NC(Cl)c1cccc(C(F)(F)c2ccncc2)c1F. The Balaban J connectivity index is 2.56.